The summed E-state index contributed by atoms with van der Waals surface area (Å²) in [5.41, 5.74) is -0.0243. The van der Waals surface area contributed by atoms with Crippen LogP contribution in [0.15, 0.2) is 29.4 Å². The highest BCUT2D eigenvalue weighted by Gasteiger charge is 2.27. The summed E-state index contributed by atoms with van der Waals surface area (Å²) in [4.78, 5) is 18.0. The van der Waals surface area contributed by atoms with Crippen molar-refractivity contribution in [2.45, 2.75) is 45.3 Å². The largest absolute Gasteiger partial charge is 0.490 e. The molecule has 2 rings (SSSR count). The van der Waals surface area contributed by atoms with Crippen molar-refractivity contribution in [3.8, 4) is 11.8 Å². The summed E-state index contributed by atoms with van der Waals surface area (Å²) in [5, 5.41) is 9.16. The number of carbonyl (C=O) groups is 1. The molecule has 1 amide bonds. The molecule has 31 heavy (non-hydrogen) atoms. The van der Waals surface area contributed by atoms with E-state index < -0.39 is 18.5 Å². The molecule has 10 heteroatoms. The number of nitrogens with zero attached hydrogens (tertiary/aromatic N) is 3. The maximum Gasteiger partial charge on any atom is 0.390 e. The molecule has 0 atom stereocenters. The van der Waals surface area contributed by atoms with Crippen molar-refractivity contribution in [2.24, 2.45) is 4.99 Å². The number of aryl methyl sites for hydroxylation is 1. The lowest BCUT2D eigenvalue weighted by molar-refractivity contribution is -0.136. The molecule has 0 aliphatic carbocycles. The minimum Gasteiger partial charge on any atom is -0.490 e. The van der Waals surface area contributed by atoms with Gasteiger partial charge in [-0.05, 0) is 23.6 Å². The maximum atomic E-state index is 12.9. The van der Waals surface area contributed by atoms with Gasteiger partial charge >= 0.3 is 6.18 Å². The number of halogens is 3. The normalized spacial score (nSPS) is 12.6. The number of amides is 1. The summed E-state index contributed by atoms with van der Waals surface area (Å²) in [6, 6.07) is 6.30. The van der Waals surface area contributed by atoms with E-state index in [9.17, 15) is 18.0 Å². The van der Waals surface area contributed by atoms with Crippen LogP contribution in [0.3, 0.4) is 0 Å². The maximum absolute atomic E-state index is 12.9. The van der Waals surface area contributed by atoms with Gasteiger partial charge in [0.25, 0.3) is 5.91 Å². The first-order chi connectivity index (χ1) is 14.4. The van der Waals surface area contributed by atoms with E-state index in [-0.39, 0.29) is 40.2 Å². The fraction of sp³-hybridized carbons (Fsp3) is 0.476. The Balaban J connectivity index is 2.49. The summed E-state index contributed by atoms with van der Waals surface area (Å²) in [6.07, 6.45) is -3.77. The Morgan fingerprint density at radius 2 is 1.97 bits per heavy atom. The zero-order valence-corrected chi connectivity index (χ0v) is 18.6. The second-order valence-corrected chi connectivity index (χ2v) is 8.78. The number of nitriles is 1. The Labute approximate surface area is 182 Å². The van der Waals surface area contributed by atoms with Crippen LogP contribution in [0.1, 0.15) is 48.0 Å². The summed E-state index contributed by atoms with van der Waals surface area (Å²) < 4.78 is 50.1. The second-order valence-electron chi connectivity index (χ2n) is 7.77. The number of carbonyl (C=O) groups excluding carboxylic acids is 1. The highest BCUT2D eigenvalue weighted by Crippen LogP contribution is 2.26. The third kappa shape index (κ3) is 7.22. The Kier molecular flexibility index (Phi) is 8.03. The molecule has 1 aromatic carbocycles. The van der Waals surface area contributed by atoms with Gasteiger partial charge in [0.1, 0.15) is 12.4 Å². The molecule has 0 unspecified atom stereocenters. The van der Waals surface area contributed by atoms with E-state index in [4.69, 9.17) is 14.7 Å². The van der Waals surface area contributed by atoms with Gasteiger partial charge in [-0.15, -0.1) is 11.3 Å². The molecule has 0 spiro atoms. The summed E-state index contributed by atoms with van der Waals surface area (Å²) in [5.74, 6) is -0.480. The summed E-state index contributed by atoms with van der Waals surface area (Å²) >= 11 is 1.16. The van der Waals surface area contributed by atoms with E-state index >= 15 is 0 Å². The van der Waals surface area contributed by atoms with Crippen molar-refractivity contribution in [3.05, 3.63) is 45.2 Å². The fourth-order valence-corrected chi connectivity index (χ4v) is 3.57. The van der Waals surface area contributed by atoms with Crippen molar-refractivity contribution >= 4 is 17.2 Å². The van der Waals surface area contributed by atoms with Gasteiger partial charge in [0.2, 0.25) is 0 Å². The zero-order valence-electron chi connectivity index (χ0n) is 17.7. The monoisotopic (exact) mass is 455 g/mol. The molecule has 0 radical (unpaired) electrons. The first kappa shape index (κ1) is 24.6. The molecule has 0 aliphatic rings. The molecule has 0 fully saturated rings. The molecule has 0 N–H and O–H groups in total. The highest BCUT2D eigenvalue weighted by atomic mass is 32.1. The third-order valence-corrected chi connectivity index (χ3v) is 5.62. The van der Waals surface area contributed by atoms with Gasteiger partial charge in [0, 0.05) is 24.7 Å². The van der Waals surface area contributed by atoms with Gasteiger partial charge < -0.3 is 14.0 Å². The van der Waals surface area contributed by atoms with E-state index in [0.717, 1.165) is 16.2 Å². The van der Waals surface area contributed by atoms with Crippen molar-refractivity contribution in [2.75, 3.05) is 20.3 Å². The molecule has 0 saturated heterocycles. The van der Waals surface area contributed by atoms with Crippen LogP contribution in [-0.2, 0) is 16.7 Å². The van der Waals surface area contributed by atoms with Gasteiger partial charge in [0.15, 0.2) is 4.80 Å². The van der Waals surface area contributed by atoms with Crippen molar-refractivity contribution in [1.29, 1.82) is 5.26 Å². The second kappa shape index (κ2) is 10.1. The fourth-order valence-electron chi connectivity index (χ4n) is 2.50. The number of benzene rings is 1. The predicted molar refractivity (Wildman–Crippen MR) is 110 cm³/mol. The lowest BCUT2D eigenvalue weighted by atomic mass is 9.95. The van der Waals surface area contributed by atoms with Crippen molar-refractivity contribution < 1.29 is 27.4 Å². The highest BCUT2D eigenvalue weighted by molar-refractivity contribution is 7.09. The number of aromatic nitrogens is 1. The van der Waals surface area contributed by atoms with Crippen molar-refractivity contribution in [3.63, 3.8) is 0 Å². The summed E-state index contributed by atoms with van der Waals surface area (Å²) in [6.45, 7) is 5.91. The van der Waals surface area contributed by atoms with Gasteiger partial charge in [-0.3, -0.25) is 4.79 Å². The smallest absolute Gasteiger partial charge is 0.390 e. The van der Waals surface area contributed by atoms with Crippen LogP contribution in [0, 0.1) is 11.3 Å². The number of hydrogen-bond acceptors (Lipinski definition) is 5. The molecule has 2 aromatic rings. The predicted octanol–water partition coefficient (Wildman–Crippen LogP) is 4.44. The Hall–Kier alpha value is -2.64. The van der Waals surface area contributed by atoms with Crippen LogP contribution in [-0.4, -0.2) is 37.0 Å². The number of alkyl halides is 3. The van der Waals surface area contributed by atoms with Crippen LogP contribution >= 0.6 is 11.3 Å². The van der Waals surface area contributed by atoms with Crippen LogP contribution in [0.2, 0.25) is 0 Å². The first-order valence-corrected chi connectivity index (χ1v) is 10.3. The van der Waals surface area contributed by atoms with Gasteiger partial charge in [-0.25, -0.2) is 0 Å². The van der Waals surface area contributed by atoms with E-state index in [0.29, 0.717) is 6.61 Å². The number of ether oxygens (including phenoxy) is 2. The minimum absolute atomic E-state index is 0.0585. The Morgan fingerprint density at radius 1 is 1.26 bits per heavy atom. The van der Waals surface area contributed by atoms with E-state index in [1.165, 1.54) is 29.9 Å². The average molecular weight is 456 g/mol. The number of hydrogen-bond donors (Lipinski definition) is 0. The minimum atomic E-state index is -4.33. The van der Waals surface area contributed by atoms with Crippen LogP contribution in [0.4, 0.5) is 13.2 Å². The zero-order chi connectivity index (χ0) is 23.2. The number of rotatable bonds is 7. The average Bonchev–Trinajstić information content (AvgIpc) is 3.09. The Morgan fingerprint density at radius 3 is 2.55 bits per heavy atom. The number of thiazole rings is 1. The standard InChI is InChI=1S/C21H24F3N3O3S/c1-20(2,3)17-13-27(8-7-21(22,23)24)19(31-17)26-18(28)15-11-14(12-25)5-6-16(15)30-10-9-29-4/h5-6,11,13H,7-10H2,1-4H3. The van der Waals surface area contributed by atoms with Gasteiger partial charge in [-0.1, -0.05) is 20.8 Å². The molecule has 0 saturated carbocycles. The van der Waals surface area contributed by atoms with Crippen LogP contribution in [0.25, 0.3) is 0 Å². The molecular formula is C21H24F3N3O3S. The lowest BCUT2D eigenvalue weighted by Crippen LogP contribution is -2.20. The molecule has 0 aliphatic heterocycles. The van der Waals surface area contributed by atoms with Crippen LogP contribution < -0.4 is 9.54 Å². The SMILES string of the molecule is COCCOc1ccc(C#N)cc1C(=O)N=c1sc(C(C)(C)C)cn1CCC(F)(F)F. The first-order valence-electron chi connectivity index (χ1n) is 9.47. The van der Waals surface area contributed by atoms with Gasteiger partial charge in [-0.2, -0.15) is 23.4 Å². The number of methoxy groups -OCH3 is 1. The van der Waals surface area contributed by atoms with E-state index in [2.05, 4.69) is 4.99 Å². The molecule has 6 nitrogen and oxygen atoms in total. The Bertz CT molecular complexity index is 1030. The summed E-state index contributed by atoms with van der Waals surface area (Å²) in [7, 11) is 1.51. The quantitative estimate of drug-likeness (QED) is 0.579. The molecule has 168 valence electrons. The third-order valence-electron chi connectivity index (χ3n) is 4.18. The molecular weight excluding hydrogens is 431 g/mol. The van der Waals surface area contributed by atoms with E-state index in [1.54, 1.807) is 6.20 Å². The van der Waals surface area contributed by atoms with Crippen LogP contribution in [0.5, 0.6) is 5.75 Å². The van der Waals surface area contributed by atoms with Crippen molar-refractivity contribution in [1.82, 2.24) is 4.57 Å². The lowest BCUT2D eigenvalue weighted by Gasteiger charge is -2.14. The van der Waals surface area contributed by atoms with Gasteiger partial charge in [0.05, 0.1) is 30.2 Å². The molecule has 0 bridgehead atoms. The van der Waals surface area contributed by atoms with E-state index in [1.807, 2.05) is 26.8 Å². The molecule has 1 heterocycles. The molecule has 1 aromatic heterocycles. The topological polar surface area (TPSA) is 76.6 Å².